The van der Waals surface area contributed by atoms with Crippen molar-refractivity contribution in [2.75, 3.05) is 23.7 Å². The van der Waals surface area contributed by atoms with Crippen LogP contribution < -0.4 is 20.7 Å². The molecule has 0 aliphatic carbocycles. The number of rotatable bonds is 6. The summed E-state index contributed by atoms with van der Waals surface area (Å²) in [4.78, 5) is 22.4. The minimum Gasteiger partial charge on any atom is -0.457 e. The van der Waals surface area contributed by atoms with Gasteiger partial charge in [-0.15, -0.1) is 0 Å². The van der Waals surface area contributed by atoms with Gasteiger partial charge in [0.15, 0.2) is 5.82 Å². The van der Waals surface area contributed by atoms with E-state index in [0.717, 1.165) is 59.7 Å². The van der Waals surface area contributed by atoms with E-state index in [0.29, 0.717) is 28.8 Å². The molecular weight excluding hydrogens is 454 g/mol. The standard InChI is InChI=1S/C26H27N9O/c1-16-11-18(3-6-23(16)36-19-4-5-22-20(12-19)31-15-35(22)2)32-25-24-21(29-14-30-25)13-28-26(34-24)33-17-7-9-27-10-8-17/h3-6,11-15,17,27H,7-10H2,1-2H3,(H,28,33,34)(H,29,30,32). The van der Waals surface area contributed by atoms with E-state index in [9.17, 15) is 0 Å². The summed E-state index contributed by atoms with van der Waals surface area (Å²) in [5, 5.41) is 10.2. The topological polar surface area (TPSA) is 115 Å². The molecule has 6 rings (SSSR count). The van der Waals surface area contributed by atoms with Gasteiger partial charge in [-0.2, -0.15) is 0 Å². The molecule has 3 N–H and O–H groups in total. The molecule has 1 fully saturated rings. The van der Waals surface area contributed by atoms with Crippen molar-refractivity contribution < 1.29 is 4.74 Å². The maximum absolute atomic E-state index is 6.15. The maximum Gasteiger partial charge on any atom is 0.223 e. The Hall–Kier alpha value is -4.31. The van der Waals surface area contributed by atoms with Crippen molar-refractivity contribution in [2.24, 2.45) is 7.05 Å². The predicted molar refractivity (Wildman–Crippen MR) is 140 cm³/mol. The first-order chi connectivity index (χ1) is 17.6. The number of aryl methyl sites for hydroxylation is 2. The molecule has 0 radical (unpaired) electrons. The fourth-order valence-electron chi connectivity index (χ4n) is 4.45. The summed E-state index contributed by atoms with van der Waals surface area (Å²) in [6, 6.07) is 12.2. The third-order valence-electron chi connectivity index (χ3n) is 6.41. The van der Waals surface area contributed by atoms with Crippen molar-refractivity contribution in [3.8, 4) is 11.5 Å². The quantitative estimate of drug-likeness (QED) is 0.326. The number of ether oxygens (including phenoxy) is 1. The van der Waals surface area contributed by atoms with Crippen molar-refractivity contribution in [2.45, 2.75) is 25.8 Å². The zero-order valence-electron chi connectivity index (χ0n) is 20.2. The first-order valence-corrected chi connectivity index (χ1v) is 12.0. The first kappa shape index (κ1) is 22.2. The van der Waals surface area contributed by atoms with Crippen molar-refractivity contribution in [1.29, 1.82) is 0 Å². The van der Waals surface area contributed by atoms with Crippen LogP contribution in [0.3, 0.4) is 0 Å². The molecule has 10 heteroatoms. The Morgan fingerprint density at radius 3 is 2.75 bits per heavy atom. The molecule has 1 aliphatic rings. The fourth-order valence-corrected chi connectivity index (χ4v) is 4.45. The van der Waals surface area contributed by atoms with E-state index in [1.807, 2.05) is 54.9 Å². The van der Waals surface area contributed by atoms with Gasteiger partial charge in [0, 0.05) is 24.8 Å². The van der Waals surface area contributed by atoms with Crippen molar-refractivity contribution in [3.63, 3.8) is 0 Å². The highest BCUT2D eigenvalue weighted by Crippen LogP contribution is 2.30. The molecule has 1 saturated heterocycles. The summed E-state index contributed by atoms with van der Waals surface area (Å²) >= 11 is 0. The zero-order valence-corrected chi connectivity index (χ0v) is 20.2. The smallest absolute Gasteiger partial charge is 0.223 e. The maximum atomic E-state index is 6.15. The third kappa shape index (κ3) is 4.50. The molecule has 10 nitrogen and oxygen atoms in total. The number of hydrogen-bond donors (Lipinski definition) is 3. The average molecular weight is 482 g/mol. The van der Waals surface area contributed by atoms with Crippen LogP contribution in [0.4, 0.5) is 17.5 Å². The van der Waals surface area contributed by atoms with Crippen LogP contribution >= 0.6 is 0 Å². The van der Waals surface area contributed by atoms with Crippen molar-refractivity contribution >= 4 is 39.5 Å². The second-order valence-corrected chi connectivity index (χ2v) is 9.03. The van der Waals surface area contributed by atoms with Gasteiger partial charge in [0.05, 0.1) is 23.6 Å². The molecule has 0 amide bonds. The van der Waals surface area contributed by atoms with E-state index in [1.54, 1.807) is 12.5 Å². The summed E-state index contributed by atoms with van der Waals surface area (Å²) in [7, 11) is 1.98. The summed E-state index contributed by atoms with van der Waals surface area (Å²) < 4.78 is 8.14. The SMILES string of the molecule is Cc1cc(Nc2ncnc3cnc(NC4CCNCC4)nc23)ccc1Oc1ccc2c(c1)ncn2C. The Kier molecular flexibility index (Phi) is 5.78. The highest BCUT2D eigenvalue weighted by molar-refractivity contribution is 5.87. The van der Waals surface area contributed by atoms with E-state index in [4.69, 9.17) is 9.72 Å². The number of aromatic nitrogens is 6. The first-order valence-electron chi connectivity index (χ1n) is 12.0. The van der Waals surface area contributed by atoms with E-state index in [1.165, 1.54) is 6.33 Å². The van der Waals surface area contributed by atoms with E-state index >= 15 is 0 Å². The predicted octanol–water partition coefficient (Wildman–Crippen LogP) is 4.31. The summed E-state index contributed by atoms with van der Waals surface area (Å²) in [6.07, 6.45) is 7.14. The minimum atomic E-state index is 0.360. The van der Waals surface area contributed by atoms with Crippen LogP contribution in [-0.4, -0.2) is 48.6 Å². The second kappa shape index (κ2) is 9.38. The van der Waals surface area contributed by atoms with Crippen LogP contribution in [0.1, 0.15) is 18.4 Å². The Morgan fingerprint density at radius 2 is 1.89 bits per heavy atom. The van der Waals surface area contributed by atoms with Gasteiger partial charge in [0.2, 0.25) is 5.95 Å². The van der Waals surface area contributed by atoms with Gasteiger partial charge in [-0.25, -0.2) is 24.9 Å². The zero-order chi connectivity index (χ0) is 24.5. The van der Waals surface area contributed by atoms with Crippen LogP contribution in [0, 0.1) is 6.92 Å². The van der Waals surface area contributed by atoms with E-state index in [-0.39, 0.29) is 0 Å². The highest BCUT2D eigenvalue weighted by Gasteiger charge is 2.15. The molecule has 3 aromatic heterocycles. The molecule has 4 heterocycles. The monoisotopic (exact) mass is 481 g/mol. The molecule has 36 heavy (non-hydrogen) atoms. The molecule has 0 spiro atoms. The normalized spacial score (nSPS) is 14.3. The summed E-state index contributed by atoms with van der Waals surface area (Å²) in [5.41, 5.74) is 5.19. The number of benzene rings is 2. The minimum absolute atomic E-state index is 0.360. The van der Waals surface area contributed by atoms with Gasteiger partial charge in [-0.3, -0.25) is 0 Å². The number of piperidine rings is 1. The summed E-state index contributed by atoms with van der Waals surface area (Å²) in [6.45, 7) is 4.01. The Balaban J connectivity index is 1.22. The third-order valence-corrected chi connectivity index (χ3v) is 6.41. The van der Waals surface area contributed by atoms with Gasteiger partial charge >= 0.3 is 0 Å². The molecule has 2 aromatic carbocycles. The molecule has 182 valence electrons. The average Bonchev–Trinajstić information content (AvgIpc) is 3.26. The van der Waals surface area contributed by atoms with Gasteiger partial charge in [-0.1, -0.05) is 0 Å². The molecule has 0 atom stereocenters. The van der Waals surface area contributed by atoms with E-state index < -0.39 is 0 Å². The van der Waals surface area contributed by atoms with Crippen LogP contribution in [0.15, 0.2) is 55.2 Å². The largest absolute Gasteiger partial charge is 0.457 e. The van der Waals surface area contributed by atoms with E-state index in [2.05, 4.69) is 35.9 Å². The molecular formula is C26H27N9O. The van der Waals surface area contributed by atoms with Gasteiger partial charge in [0.1, 0.15) is 28.9 Å². The van der Waals surface area contributed by atoms with Gasteiger partial charge < -0.3 is 25.3 Å². The lowest BCUT2D eigenvalue weighted by molar-refractivity contribution is 0.477. The van der Waals surface area contributed by atoms with Crippen molar-refractivity contribution in [3.05, 3.63) is 60.8 Å². The molecule has 1 aliphatic heterocycles. The Labute approximate surface area is 208 Å². The number of nitrogens with one attached hydrogen (secondary N) is 3. The number of fused-ring (bicyclic) bond motifs is 2. The molecule has 0 saturated carbocycles. The van der Waals surface area contributed by atoms with Gasteiger partial charge in [-0.05, 0) is 68.8 Å². The number of hydrogen-bond acceptors (Lipinski definition) is 9. The number of anilines is 3. The van der Waals surface area contributed by atoms with Crippen LogP contribution in [0.2, 0.25) is 0 Å². The van der Waals surface area contributed by atoms with Crippen LogP contribution in [-0.2, 0) is 7.05 Å². The lowest BCUT2D eigenvalue weighted by Crippen LogP contribution is -2.35. The lowest BCUT2D eigenvalue weighted by Gasteiger charge is -2.23. The molecule has 0 unspecified atom stereocenters. The molecule has 5 aromatic rings. The highest BCUT2D eigenvalue weighted by atomic mass is 16.5. The Bertz CT molecular complexity index is 1540. The second-order valence-electron chi connectivity index (χ2n) is 9.03. The number of nitrogens with zero attached hydrogens (tertiary/aromatic N) is 6. The Morgan fingerprint density at radius 1 is 1.00 bits per heavy atom. The van der Waals surface area contributed by atoms with Gasteiger partial charge in [0.25, 0.3) is 0 Å². The van der Waals surface area contributed by atoms with Crippen LogP contribution in [0.25, 0.3) is 22.1 Å². The van der Waals surface area contributed by atoms with Crippen molar-refractivity contribution in [1.82, 2.24) is 34.8 Å². The number of imidazole rings is 1. The molecule has 0 bridgehead atoms. The van der Waals surface area contributed by atoms with Crippen LogP contribution in [0.5, 0.6) is 11.5 Å². The summed E-state index contributed by atoms with van der Waals surface area (Å²) in [5.74, 6) is 2.75. The lowest BCUT2D eigenvalue weighted by atomic mass is 10.1. The fraction of sp³-hybridized carbons (Fsp3) is 0.269.